The summed E-state index contributed by atoms with van der Waals surface area (Å²) < 4.78 is 1.80. The Hall–Kier alpha value is -2.08. The van der Waals surface area contributed by atoms with Gasteiger partial charge in [-0.2, -0.15) is 5.10 Å². The maximum atomic E-state index is 6.04. The van der Waals surface area contributed by atoms with Gasteiger partial charge in [0.15, 0.2) is 5.11 Å². The van der Waals surface area contributed by atoms with Crippen molar-refractivity contribution in [1.29, 1.82) is 0 Å². The number of aryl methyl sites for hydroxylation is 1. The van der Waals surface area contributed by atoms with E-state index in [0.717, 1.165) is 16.9 Å². The molecule has 4 nitrogen and oxygen atoms in total. The monoisotopic (exact) mass is 390 g/mol. The topological polar surface area (TPSA) is 41.9 Å². The number of aromatic nitrogens is 2. The predicted octanol–water partition coefficient (Wildman–Crippen LogP) is 5.36. The molecule has 0 saturated carbocycles. The van der Waals surface area contributed by atoms with Crippen LogP contribution in [0.4, 0.5) is 11.4 Å². The van der Waals surface area contributed by atoms with Crippen LogP contribution in [-0.4, -0.2) is 14.9 Å². The fraction of sp³-hybridized carbons (Fsp3) is 0.111. The Bertz CT molecular complexity index is 908. The van der Waals surface area contributed by atoms with Gasteiger partial charge in [-0.1, -0.05) is 41.4 Å². The average molecular weight is 391 g/mol. The SMILES string of the molecule is Cc1cccc(NC(=S)Nc2cnn(Cc3ccc(Cl)c(Cl)c3)c2)c1. The molecule has 25 heavy (non-hydrogen) atoms. The molecule has 0 radical (unpaired) electrons. The molecule has 3 rings (SSSR count). The average Bonchev–Trinajstić information content (AvgIpc) is 2.98. The minimum atomic E-state index is 0.514. The number of anilines is 2. The summed E-state index contributed by atoms with van der Waals surface area (Å²) in [6.07, 6.45) is 3.61. The van der Waals surface area contributed by atoms with E-state index in [1.165, 1.54) is 5.56 Å². The van der Waals surface area contributed by atoms with E-state index in [4.69, 9.17) is 35.4 Å². The first-order valence-corrected chi connectivity index (χ1v) is 8.77. The third-order valence-corrected chi connectivity index (χ3v) is 4.44. The number of benzene rings is 2. The van der Waals surface area contributed by atoms with E-state index in [1.807, 2.05) is 49.5 Å². The quantitative estimate of drug-likeness (QED) is 0.588. The molecule has 0 fully saturated rings. The van der Waals surface area contributed by atoms with Crippen molar-refractivity contribution in [2.45, 2.75) is 13.5 Å². The predicted molar refractivity (Wildman–Crippen MR) is 109 cm³/mol. The van der Waals surface area contributed by atoms with Crippen molar-refractivity contribution in [3.05, 3.63) is 76.0 Å². The first-order chi connectivity index (χ1) is 12.0. The highest BCUT2D eigenvalue weighted by Crippen LogP contribution is 2.23. The minimum Gasteiger partial charge on any atom is -0.332 e. The van der Waals surface area contributed by atoms with E-state index < -0.39 is 0 Å². The zero-order valence-electron chi connectivity index (χ0n) is 13.5. The van der Waals surface area contributed by atoms with Crippen LogP contribution in [0.25, 0.3) is 0 Å². The van der Waals surface area contributed by atoms with Crippen molar-refractivity contribution >= 4 is 51.9 Å². The zero-order valence-corrected chi connectivity index (χ0v) is 15.8. The maximum Gasteiger partial charge on any atom is 0.175 e. The van der Waals surface area contributed by atoms with Crippen molar-refractivity contribution in [3.8, 4) is 0 Å². The zero-order chi connectivity index (χ0) is 17.8. The Morgan fingerprint density at radius 1 is 1.08 bits per heavy atom. The Balaban J connectivity index is 1.61. The van der Waals surface area contributed by atoms with Crippen molar-refractivity contribution in [3.63, 3.8) is 0 Å². The van der Waals surface area contributed by atoms with Crippen molar-refractivity contribution in [2.75, 3.05) is 10.6 Å². The van der Waals surface area contributed by atoms with Gasteiger partial charge in [-0.15, -0.1) is 0 Å². The molecule has 0 amide bonds. The van der Waals surface area contributed by atoms with Crippen molar-refractivity contribution in [2.24, 2.45) is 0 Å². The molecular weight excluding hydrogens is 375 g/mol. The molecule has 2 N–H and O–H groups in total. The van der Waals surface area contributed by atoms with Crippen LogP contribution in [0.3, 0.4) is 0 Å². The number of hydrogen-bond donors (Lipinski definition) is 2. The summed E-state index contributed by atoms with van der Waals surface area (Å²) in [5, 5.41) is 12.2. The second-order valence-corrected chi connectivity index (χ2v) is 6.85. The van der Waals surface area contributed by atoms with Gasteiger partial charge in [0.1, 0.15) is 0 Å². The van der Waals surface area contributed by atoms with E-state index in [9.17, 15) is 0 Å². The molecule has 0 unspecified atom stereocenters. The second kappa shape index (κ2) is 7.87. The van der Waals surface area contributed by atoms with Gasteiger partial charge in [-0.05, 0) is 54.5 Å². The lowest BCUT2D eigenvalue weighted by Crippen LogP contribution is -2.18. The molecule has 1 heterocycles. The Morgan fingerprint density at radius 2 is 1.88 bits per heavy atom. The summed E-state index contributed by atoms with van der Waals surface area (Å²) in [5.74, 6) is 0. The van der Waals surface area contributed by atoms with Gasteiger partial charge in [0.2, 0.25) is 0 Å². The highest BCUT2D eigenvalue weighted by Gasteiger charge is 2.04. The fourth-order valence-electron chi connectivity index (χ4n) is 2.36. The standard InChI is InChI=1S/C18H16Cl2N4S/c1-12-3-2-4-14(7-12)22-18(25)23-15-9-21-24(11-15)10-13-5-6-16(19)17(20)8-13/h2-9,11H,10H2,1H3,(H2,22,23,25). The van der Waals surface area contributed by atoms with E-state index in [2.05, 4.69) is 15.7 Å². The van der Waals surface area contributed by atoms with Crippen LogP contribution in [0.1, 0.15) is 11.1 Å². The van der Waals surface area contributed by atoms with Crippen LogP contribution in [0.5, 0.6) is 0 Å². The number of nitrogens with zero attached hydrogens (tertiary/aromatic N) is 2. The van der Waals surface area contributed by atoms with Crippen LogP contribution in [0.2, 0.25) is 10.0 Å². The van der Waals surface area contributed by atoms with Gasteiger partial charge < -0.3 is 10.6 Å². The lowest BCUT2D eigenvalue weighted by atomic mass is 10.2. The first-order valence-electron chi connectivity index (χ1n) is 7.61. The van der Waals surface area contributed by atoms with E-state index in [-0.39, 0.29) is 0 Å². The Morgan fingerprint density at radius 3 is 2.64 bits per heavy atom. The lowest BCUT2D eigenvalue weighted by molar-refractivity contribution is 0.687. The number of halogens is 2. The summed E-state index contributed by atoms with van der Waals surface area (Å²) in [4.78, 5) is 0. The third-order valence-electron chi connectivity index (χ3n) is 3.50. The molecule has 0 saturated heterocycles. The molecule has 0 spiro atoms. The summed E-state index contributed by atoms with van der Waals surface area (Å²) in [6.45, 7) is 2.63. The molecule has 0 aliphatic heterocycles. The number of hydrogen-bond acceptors (Lipinski definition) is 2. The normalized spacial score (nSPS) is 10.5. The molecule has 3 aromatic rings. The highest BCUT2D eigenvalue weighted by atomic mass is 35.5. The number of rotatable bonds is 4. The fourth-order valence-corrected chi connectivity index (χ4v) is 2.91. The molecule has 128 valence electrons. The minimum absolute atomic E-state index is 0.514. The number of nitrogens with one attached hydrogen (secondary N) is 2. The second-order valence-electron chi connectivity index (χ2n) is 5.62. The van der Waals surface area contributed by atoms with Crippen LogP contribution >= 0.6 is 35.4 Å². The van der Waals surface area contributed by atoms with Crippen molar-refractivity contribution < 1.29 is 0 Å². The van der Waals surface area contributed by atoms with E-state index in [1.54, 1.807) is 16.9 Å². The molecule has 0 atom stereocenters. The lowest BCUT2D eigenvalue weighted by Gasteiger charge is -2.09. The molecule has 1 aromatic heterocycles. The summed E-state index contributed by atoms with van der Waals surface area (Å²) >= 11 is 17.3. The van der Waals surface area contributed by atoms with Crippen LogP contribution in [0, 0.1) is 6.92 Å². The van der Waals surface area contributed by atoms with Crippen LogP contribution < -0.4 is 10.6 Å². The smallest absolute Gasteiger partial charge is 0.175 e. The molecular formula is C18H16Cl2N4S. The largest absolute Gasteiger partial charge is 0.332 e. The van der Waals surface area contributed by atoms with Gasteiger partial charge in [0.25, 0.3) is 0 Å². The highest BCUT2D eigenvalue weighted by molar-refractivity contribution is 7.80. The van der Waals surface area contributed by atoms with Gasteiger partial charge >= 0.3 is 0 Å². The van der Waals surface area contributed by atoms with E-state index >= 15 is 0 Å². The summed E-state index contributed by atoms with van der Waals surface area (Å²) in [7, 11) is 0. The Kier molecular flexibility index (Phi) is 5.58. The van der Waals surface area contributed by atoms with Crippen LogP contribution in [0.15, 0.2) is 54.9 Å². The summed E-state index contributed by atoms with van der Waals surface area (Å²) in [5.41, 5.74) is 3.94. The maximum absolute atomic E-state index is 6.04. The van der Waals surface area contributed by atoms with Crippen LogP contribution in [-0.2, 0) is 6.54 Å². The first kappa shape index (κ1) is 17.7. The van der Waals surface area contributed by atoms with Crippen molar-refractivity contribution in [1.82, 2.24) is 9.78 Å². The molecule has 2 aromatic carbocycles. The van der Waals surface area contributed by atoms with Gasteiger partial charge in [-0.25, -0.2) is 0 Å². The van der Waals surface area contributed by atoms with E-state index in [0.29, 0.717) is 21.7 Å². The van der Waals surface area contributed by atoms with Gasteiger partial charge in [-0.3, -0.25) is 4.68 Å². The molecule has 7 heteroatoms. The third kappa shape index (κ3) is 4.95. The summed E-state index contributed by atoms with van der Waals surface area (Å²) in [6, 6.07) is 13.6. The molecule has 0 bridgehead atoms. The van der Waals surface area contributed by atoms with Gasteiger partial charge in [0, 0.05) is 11.9 Å². The Labute approximate surface area is 161 Å². The molecule has 0 aliphatic carbocycles. The molecule has 0 aliphatic rings. The number of thiocarbonyl (C=S) groups is 1. The van der Waals surface area contributed by atoms with Gasteiger partial charge in [0.05, 0.1) is 28.5 Å².